The number of hydrogen-bond acceptors (Lipinski definition) is 5. The summed E-state index contributed by atoms with van der Waals surface area (Å²) in [4.78, 5) is 28.1. The molecule has 7 heteroatoms. The predicted molar refractivity (Wildman–Crippen MR) is 108 cm³/mol. The summed E-state index contributed by atoms with van der Waals surface area (Å²) in [6.07, 6.45) is 1.85. The van der Waals surface area contributed by atoms with Crippen molar-refractivity contribution in [3.63, 3.8) is 0 Å². The van der Waals surface area contributed by atoms with Gasteiger partial charge in [-0.1, -0.05) is 12.1 Å². The van der Waals surface area contributed by atoms with Crippen molar-refractivity contribution in [2.24, 2.45) is 0 Å². The zero-order chi connectivity index (χ0) is 19.2. The molecule has 1 heterocycles. The summed E-state index contributed by atoms with van der Waals surface area (Å²) in [6.45, 7) is 1.44. The molecule has 0 saturated carbocycles. The molecular weight excluding hydrogens is 362 g/mol. The largest absolute Gasteiger partial charge is 0.495 e. The maximum Gasteiger partial charge on any atom is 0.224 e. The SMILES string of the molecule is COc1ccc(NC(C)=O)cc1NC(=O)CCCc1nc2ccccc2s1. The second-order valence-electron chi connectivity index (χ2n) is 6.07. The van der Waals surface area contributed by atoms with E-state index in [1.165, 1.54) is 14.0 Å². The molecule has 0 bridgehead atoms. The fourth-order valence-corrected chi connectivity index (χ4v) is 3.74. The van der Waals surface area contributed by atoms with Gasteiger partial charge in [-0.2, -0.15) is 0 Å². The number of fused-ring (bicyclic) bond motifs is 1. The van der Waals surface area contributed by atoms with Gasteiger partial charge in [0.1, 0.15) is 5.75 Å². The highest BCUT2D eigenvalue weighted by atomic mass is 32.1. The minimum absolute atomic E-state index is 0.102. The summed E-state index contributed by atoms with van der Waals surface area (Å²) in [5, 5.41) is 6.59. The highest BCUT2D eigenvalue weighted by Crippen LogP contribution is 2.28. The zero-order valence-electron chi connectivity index (χ0n) is 15.2. The minimum Gasteiger partial charge on any atom is -0.495 e. The lowest BCUT2D eigenvalue weighted by Gasteiger charge is -2.12. The molecule has 0 aliphatic rings. The van der Waals surface area contributed by atoms with E-state index in [1.54, 1.807) is 29.5 Å². The van der Waals surface area contributed by atoms with Crippen LogP contribution in [0, 0.1) is 0 Å². The lowest BCUT2D eigenvalue weighted by Crippen LogP contribution is -2.13. The Labute approximate surface area is 161 Å². The van der Waals surface area contributed by atoms with Gasteiger partial charge in [-0.15, -0.1) is 11.3 Å². The molecule has 0 fully saturated rings. The Morgan fingerprint density at radius 1 is 1.15 bits per heavy atom. The quantitative estimate of drug-likeness (QED) is 0.640. The van der Waals surface area contributed by atoms with E-state index in [4.69, 9.17) is 4.74 Å². The summed E-state index contributed by atoms with van der Waals surface area (Å²) in [7, 11) is 1.54. The molecule has 2 N–H and O–H groups in total. The van der Waals surface area contributed by atoms with Gasteiger partial charge in [0.05, 0.1) is 28.0 Å². The molecule has 3 aromatic rings. The van der Waals surface area contributed by atoms with Crippen LogP contribution in [0.1, 0.15) is 24.8 Å². The number of amides is 2. The highest BCUT2D eigenvalue weighted by Gasteiger charge is 2.10. The van der Waals surface area contributed by atoms with Crippen molar-refractivity contribution >= 4 is 44.7 Å². The fourth-order valence-electron chi connectivity index (χ4n) is 2.73. The van der Waals surface area contributed by atoms with Gasteiger partial charge in [0.25, 0.3) is 0 Å². The summed E-state index contributed by atoms with van der Waals surface area (Å²) < 4.78 is 6.44. The molecule has 0 spiro atoms. The van der Waals surface area contributed by atoms with E-state index in [1.807, 2.05) is 18.2 Å². The third-order valence-electron chi connectivity index (χ3n) is 3.93. The number of rotatable bonds is 7. The number of nitrogens with one attached hydrogen (secondary N) is 2. The van der Waals surface area contributed by atoms with Crippen molar-refractivity contribution in [1.82, 2.24) is 4.98 Å². The second kappa shape index (κ2) is 8.64. The molecule has 0 radical (unpaired) electrons. The van der Waals surface area contributed by atoms with Gasteiger partial charge >= 0.3 is 0 Å². The van der Waals surface area contributed by atoms with E-state index < -0.39 is 0 Å². The molecule has 6 nitrogen and oxygen atoms in total. The Bertz CT molecular complexity index is 935. The lowest BCUT2D eigenvalue weighted by molar-refractivity contribution is -0.116. The van der Waals surface area contributed by atoms with Crippen molar-refractivity contribution in [1.29, 1.82) is 0 Å². The molecule has 0 saturated heterocycles. The number of thiazole rings is 1. The Balaban J connectivity index is 1.57. The summed E-state index contributed by atoms with van der Waals surface area (Å²) in [5.41, 5.74) is 2.14. The number of anilines is 2. The second-order valence-corrected chi connectivity index (χ2v) is 7.19. The monoisotopic (exact) mass is 383 g/mol. The number of aryl methyl sites for hydroxylation is 1. The van der Waals surface area contributed by atoms with Crippen LogP contribution in [-0.2, 0) is 16.0 Å². The average Bonchev–Trinajstić information content (AvgIpc) is 3.04. The maximum absolute atomic E-state index is 12.3. The molecule has 0 aliphatic carbocycles. The smallest absolute Gasteiger partial charge is 0.224 e. The first-order valence-corrected chi connectivity index (χ1v) is 9.47. The van der Waals surface area contributed by atoms with E-state index in [-0.39, 0.29) is 11.8 Å². The predicted octanol–water partition coefficient (Wildman–Crippen LogP) is 4.22. The van der Waals surface area contributed by atoms with Gasteiger partial charge in [0.15, 0.2) is 0 Å². The number of hydrogen-bond donors (Lipinski definition) is 2. The minimum atomic E-state index is -0.173. The Morgan fingerprint density at radius 3 is 2.70 bits per heavy atom. The summed E-state index contributed by atoms with van der Waals surface area (Å²) in [6, 6.07) is 13.1. The first-order valence-electron chi connectivity index (χ1n) is 8.65. The van der Waals surface area contributed by atoms with Gasteiger partial charge in [-0.05, 0) is 43.2 Å². The third kappa shape index (κ3) is 5.04. The fraction of sp³-hybridized carbons (Fsp3) is 0.250. The van der Waals surface area contributed by atoms with Crippen LogP contribution in [0.15, 0.2) is 42.5 Å². The molecule has 27 heavy (non-hydrogen) atoms. The molecule has 3 rings (SSSR count). The molecule has 0 unspecified atom stereocenters. The number of carbonyl (C=O) groups excluding carboxylic acids is 2. The van der Waals surface area contributed by atoms with Gasteiger partial charge in [0.2, 0.25) is 11.8 Å². The number of carbonyl (C=O) groups is 2. The molecule has 2 amide bonds. The standard InChI is InChI=1S/C20H21N3O3S/c1-13(24)21-14-10-11-17(26-2)16(12-14)22-19(25)8-5-9-20-23-15-6-3-4-7-18(15)27-20/h3-4,6-7,10-12H,5,8-9H2,1-2H3,(H,21,24)(H,22,25). The zero-order valence-corrected chi connectivity index (χ0v) is 16.1. The number of ether oxygens (including phenoxy) is 1. The van der Waals surface area contributed by atoms with E-state index in [2.05, 4.69) is 21.7 Å². The van der Waals surface area contributed by atoms with Crippen LogP contribution in [0.4, 0.5) is 11.4 Å². The lowest BCUT2D eigenvalue weighted by atomic mass is 10.2. The number of nitrogens with zero attached hydrogens (tertiary/aromatic N) is 1. The van der Waals surface area contributed by atoms with Gasteiger partial charge in [0, 0.05) is 19.0 Å². The Kier molecular flexibility index (Phi) is 6.03. The van der Waals surface area contributed by atoms with Crippen molar-refractivity contribution in [3.8, 4) is 5.75 Å². The van der Waals surface area contributed by atoms with Crippen molar-refractivity contribution < 1.29 is 14.3 Å². The molecule has 0 aliphatic heterocycles. The van der Waals surface area contributed by atoms with E-state index in [9.17, 15) is 9.59 Å². The normalized spacial score (nSPS) is 10.6. The highest BCUT2D eigenvalue weighted by molar-refractivity contribution is 7.18. The van der Waals surface area contributed by atoms with Crippen molar-refractivity contribution in [2.45, 2.75) is 26.2 Å². The summed E-state index contributed by atoms with van der Waals surface area (Å²) >= 11 is 1.66. The van der Waals surface area contributed by atoms with Crippen LogP contribution in [0.3, 0.4) is 0 Å². The van der Waals surface area contributed by atoms with Crippen LogP contribution in [0.25, 0.3) is 10.2 Å². The number of methoxy groups -OCH3 is 1. The van der Waals surface area contributed by atoms with Crippen LogP contribution in [0.2, 0.25) is 0 Å². The van der Waals surface area contributed by atoms with Crippen LogP contribution in [-0.4, -0.2) is 23.9 Å². The van der Waals surface area contributed by atoms with Crippen LogP contribution < -0.4 is 15.4 Å². The van der Waals surface area contributed by atoms with Crippen LogP contribution in [0.5, 0.6) is 5.75 Å². The molecular formula is C20H21N3O3S. The topological polar surface area (TPSA) is 80.3 Å². The van der Waals surface area contributed by atoms with Crippen LogP contribution >= 0.6 is 11.3 Å². The first kappa shape index (κ1) is 18.8. The summed E-state index contributed by atoms with van der Waals surface area (Å²) in [5.74, 6) is 0.270. The average molecular weight is 383 g/mol. The maximum atomic E-state index is 12.3. The molecule has 1 aromatic heterocycles. The Morgan fingerprint density at radius 2 is 1.96 bits per heavy atom. The first-order chi connectivity index (χ1) is 13.0. The van der Waals surface area contributed by atoms with Gasteiger partial charge in [-0.25, -0.2) is 4.98 Å². The van der Waals surface area contributed by atoms with Crippen molar-refractivity contribution in [3.05, 3.63) is 47.5 Å². The van der Waals surface area contributed by atoms with E-state index in [0.717, 1.165) is 21.6 Å². The van der Waals surface area contributed by atoms with Gasteiger partial charge < -0.3 is 15.4 Å². The third-order valence-corrected chi connectivity index (χ3v) is 5.02. The van der Waals surface area contributed by atoms with Gasteiger partial charge in [-0.3, -0.25) is 9.59 Å². The number of benzene rings is 2. The van der Waals surface area contributed by atoms with E-state index in [0.29, 0.717) is 30.0 Å². The number of para-hydroxylation sites is 1. The Hall–Kier alpha value is -2.93. The van der Waals surface area contributed by atoms with Crippen molar-refractivity contribution in [2.75, 3.05) is 17.7 Å². The molecule has 2 aromatic carbocycles. The number of aromatic nitrogens is 1. The molecule has 0 atom stereocenters. The van der Waals surface area contributed by atoms with E-state index >= 15 is 0 Å². The molecule has 140 valence electrons.